The smallest absolute Gasteiger partial charge is 0.338 e. The first-order valence-corrected chi connectivity index (χ1v) is 11.9. The number of hydrogen-bond acceptors (Lipinski definition) is 6. The number of carbonyl (C=O) groups excluding carboxylic acids is 4. The zero-order valence-electron chi connectivity index (χ0n) is 18.1. The van der Waals surface area contributed by atoms with E-state index in [-0.39, 0.29) is 0 Å². The first kappa shape index (κ1) is 23.5. The number of thioether (sulfide) groups is 1. The molecule has 3 rings (SSSR count). The highest BCUT2D eigenvalue weighted by Gasteiger charge is 2.42. The highest BCUT2D eigenvalue weighted by atomic mass is 32.2. The number of amides is 3. The van der Waals surface area contributed by atoms with Crippen molar-refractivity contribution in [3.63, 3.8) is 0 Å². The quantitative estimate of drug-likeness (QED) is 0.331. The molecule has 0 fully saturated rings. The molecule has 1 N–H and O–H groups in total. The van der Waals surface area contributed by atoms with Crippen molar-refractivity contribution in [3.05, 3.63) is 65.2 Å². The summed E-state index contributed by atoms with van der Waals surface area (Å²) in [5.74, 6) is -1.19. The van der Waals surface area contributed by atoms with Gasteiger partial charge in [0.2, 0.25) is 5.91 Å². The number of benzene rings is 2. The summed E-state index contributed by atoms with van der Waals surface area (Å²) in [5.41, 5.74) is 1.47. The van der Waals surface area contributed by atoms with Crippen LogP contribution in [0.5, 0.6) is 0 Å². The zero-order valence-corrected chi connectivity index (χ0v) is 18.9. The van der Waals surface area contributed by atoms with Gasteiger partial charge in [0.25, 0.3) is 11.8 Å². The predicted molar refractivity (Wildman–Crippen MR) is 124 cm³/mol. The molecule has 3 amide bonds. The third kappa shape index (κ3) is 5.19. The molecular formula is C24H26N2O5S. The third-order valence-electron chi connectivity index (χ3n) is 5.15. The third-order valence-corrected chi connectivity index (χ3v) is 5.80. The van der Waals surface area contributed by atoms with Gasteiger partial charge in [0.05, 0.1) is 23.3 Å². The zero-order chi connectivity index (χ0) is 23.1. The summed E-state index contributed by atoms with van der Waals surface area (Å²) in [4.78, 5) is 51.9. The van der Waals surface area contributed by atoms with Crippen molar-refractivity contribution in [3.8, 4) is 0 Å². The Hall–Kier alpha value is -3.13. The second kappa shape index (κ2) is 10.9. The summed E-state index contributed by atoms with van der Waals surface area (Å²) in [6, 6.07) is 12.0. The highest BCUT2D eigenvalue weighted by Crippen LogP contribution is 2.27. The molecule has 1 heterocycles. The molecule has 7 nitrogen and oxygen atoms in total. The minimum absolute atomic E-state index is 0.311. The number of nitrogens with zero attached hydrogens (tertiary/aromatic N) is 1. The van der Waals surface area contributed by atoms with Gasteiger partial charge in [-0.25, -0.2) is 4.79 Å². The number of rotatable bonds is 10. The van der Waals surface area contributed by atoms with Crippen LogP contribution in [0.2, 0.25) is 0 Å². The molecule has 0 saturated carbocycles. The van der Waals surface area contributed by atoms with Crippen LogP contribution < -0.4 is 5.32 Å². The number of imide groups is 1. The van der Waals surface area contributed by atoms with Gasteiger partial charge in [-0.05, 0) is 61.2 Å². The second-order valence-corrected chi connectivity index (χ2v) is 8.36. The van der Waals surface area contributed by atoms with Crippen LogP contribution in [0.3, 0.4) is 0 Å². The Labute approximate surface area is 191 Å². The van der Waals surface area contributed by atoms with Crippen LogP contribution in [-0.4, -0.2) is 53.2 Å². The van der Waals surface area contributed by atoms with E-state index < -0.39 is 29.7 Å². The topological polar surface area (TPSA) is 92.8 Å². The number of unbranched alkanes of at least 4 members (excludes halogenated alkanes) is 1. The van der Waals surface area contributed by atoms with Gasteiger partial charge >= 0.3 is 5.97 Å². The van der Waals surface area contributed by atoms with E-state index in [0.717, 1.165) is 17.7 Å². The minimum Gasteiger partial charge on any atom is -0.462 e. The Morgan fingerprint density at radius 1 is 1.03 bits per heavy atom. The Morgan fingerprint density at radius 3 is 2.22 bits per heavy atom. The van der Waals surface area contributed by atoms with Crippen LogP contribution in [0.1, 0.15) is 57.3 Å². The van der Waals surface area contributed by atoms with E-state index in [0.29, 0.717) is 41.2 Å². The maximum atomic E-state index is 13.1. The van der Waals surface area contributed by atoms with Crippen molar-refractivity contribution in [2.45, 2.75) is 32.2 Å². The molecule has 0 spiro atoms. The van der Waals surface area contributed by atoms with E-state index in [2.05, 4.69) is 5.32 Å². The number of hydrogen-bond donors (Lipinski definition) is 1. The van der Waals surface area contributed by atoms with Crippen molar-refractivity contribution in [1.82, 2.24) is 4.90 Å². The summed E-state index contributed by atoms with van der Waals surface area (Å²) in [5, 5.41) is 2.77. The predicted octanol–water partition coefficient (Wildman–Crippen LogP) is 4.00. The molecule has 0 radical (unpaired) electrons. The molecule has 168 valence electrons. The largest absolute Gasteiger partial charge is 0.462 e. The molecule has 1 aliphatic heterocycles. The van der Waals surface area contributed by atoms with Crippen LogP contribution in [0, 0.1) is 0 Å². The van der Waals surface area contributed by atoms with E-state index in [1.165, 1.54) is 11.8 Å². The number of fused-ring (bicyclic) bond motifs is 1. The molecule has 0 saturated heterocycles. The second-order valence-electron chi connectivity index (χ2n) is 7.38. The molecule has 8 heteroatoms. The molecule has 0 aliphatic carbocycles. The summed E-state index contributed by atoms with van der Waals surface area (Å²) >= 11 is 1.53. The first-order valence-electron chi connectivity index (χ1n) is 10.5. The van der Waals surface area contributed by atoms with Crippen molar-refractivity contribution in [2.24, 2.45) is 0 Å². The lowest BCUT2D eigenvalue weighted by atomic mass is 10.1. The van der Waals surface area contributed by atoms with Gasteiger partial charge in [-0.1, -0.05) is 25.5 Å². The van der Waals surface area contributed by atoms with Gasteiger partial charge in [0.1, 0.15) is 6.04 Å². The first-order chi connectivity index (χ1) is 15.5. The van der Waals surface area contributed by atoms with Gasteiger partial charge in [-0.2, -0.15) is 11.8 Å². The lowest BCUT2D eigenvalue weighted by molar-refractivity contribution is -0.120. The van der Waals surface area contributed by atoms with Crippen LogP contribution >= 0.6 is 11.8 Å². The molecular weight excluding hydrogens is 428 g/mol. The van der Waals surface area contributed by atoms with Gasteiger partial charge in [-0.3, -0.25) is 19.3 Å². The SMILES string of the molecule is CCCCOC(=O)c1ccc(NC(=O)C(CCSC)N2C(=O)c3ccccc3C2=O)cc1. The standard InChI is InChI=1S/C24H26N2O5S/c1-3-4-14-31-24(30)16-9-11-17(12-10-16)25-21(27)20(13-15-32-2)26-22(28)18-7-5-6-8-19(18)23(26)29/h5-12,20H,3-4,13-15H2,1-2H3,(H,25,27). The van der Waals surface area contributed by atoms with E-state index in [1.54, 1.807) is 48.5 Å². The van der Waals surface area contributed by atoms with E-state index in [4.69, 9.17) is 4.74 Å². The summed E-state index contributed by atoms with van der Waals surface area (Å²) in [7, 11) is 0. The summed E-state index contributed by atoms with van der Waals surface area (Å²) < 4.78 is 5.18. The van der Waals surface area contributed by atoms with Crippen LogP contribution in [0.15, 0.2) is 48.5 Å². The van der Waals surface area contributed by atoms with E-state index in [9.17, 15) is 19.2 Å². The highest BCUT2D eigenvalue weighted by molar-refractivity contribution is 7.98. The molecule has 1 unspecified atom stereocenters. The van der Waals surface area contributed by atoms with Crippen LogP contribution in [0.4, 0.5) is 5.69 Å². The van der Waals surface area contributed by atoms with Gasteiger partial charge in [0, 0.05) is 5.69 Å². The fourth-order valence-corrected chi connectivity index (χ4v) is 3.86. The number of esters is 1. The number of ether oxygens (including phenoxy) is 1. The van der Waals surface area contributed by atoms with Crippen molar-refractivity contribution < 1.29 is 23.9 Å². The van der Waals surface area contributed by atoms with Crippen molar-refractivity contribution >= 4 is 41.1 Å². The molecule has 1 atom stereocenters. The number of nitrogens with one attached hydrogen (secondary N) is 1. The normalized spacial score (nSPS) is 13.6. The Kier molecular flexibility index (Phi) is 8.05. The van der Waals surface area contributed by atoms with Crippen molar-refractivity contribution in [1.29, 1.82) is 0 Å². The van der Waals surface area contributed by atoms with Crippen molar-refractivity contribution in [2.75, 3.05) is 23.9 Å². The van der Waals surface area contributed by atoms with E-state index >= 15 is 0 Å². The molecule has 32 heavy (non-hydrogen) atoms. The Balaban J connectivity index is 1.73. The fraction of sp³-hybridized carbons (Fsp3) is 0.333. The summed E-state index contributed by atoms with van der Waals surface area (Å²) in [6.45, 7) is 2.38. The van der Waals surface area contributed by atoms with Crippen LogP contribution in [-0.2, 0) is 9.53 Å². The van der Waals surface area contributed by atoms with Gasteiger partial charge in [-0.15, -0.1) is 0 Å². The molecule has 2 aromatic rings. The summed E-state index contributed by atoms with van der Waals surface area (Å²) in [6.07, 6.45) is 3.97. The van der Waals surface area contributed by atoms with E-state index in [1.807, 2.05) is 13.2 Å². The number of carbonyl (C=O) groups is 4. The monoisotopic (exact) mass is 454 g/mol. The van der Waals surface area contributed by atoms with Gasteiger partial charge in [0.15, 0.2) is 0 Å². The molecule has 1 aliphatic rings. The van der Waals surface area contributed by atoms with Gasteiger partial charge < -0.3 is 10.1 Å². The fourth-order valence-electron chi connectivity index (χ4n) is 3.41. The maximum Gasteiger partial charge on any atom is 0.338 e. The Bertz CT molecular complexity index is 971. The maximum absolute atomic E-state index is 13.1. The average Bonchev–Trinajstić information content (AvgIpc) is 3.05. The molecule has 0 aromatic heterocycles. The average molecular weight is 455 g/mol. The number of anilines is 1. The lowest BCUT2D eigenvalue weighted by Crippen LogP contribution is -2.47. The lowest BCUT2D eigenvalue weighted by Gasteiger charge is -2.25. The molecule has 2 aromatic carbocycles. The Morgan fingerprint density at radius 2 is 1.66 bits per heavy atom. The van der Waals surface area contributed by atoms with Crippen LogP contribution in [0.25, 0.3) is 0 Å². The minimum atomic E-state index is -0.937. The molecule has 0 bridgehead atoms.